The number of halogens is 5. The summed E-state index contributed by atoms with van der Waals surface area (Å²) in [6.45, 7) is 0. The minimum absolute atomic E-state index is 0.0708. The van der Waals surface area contributed by atoms with E-state index in [0.29, 0.717) is 0 Å². The Hall–Kier alpha value is -1.66. The second kappa shape index (κ2) is 4.07. The Labute approximate surface area is 86.3 Å². The Balaban J connectivity index is 3.38. The molecule has 0 saturated carbocycles. The summed E-state index contributed by atoms with van der Waals surface area (Å²) in [5.74, 6) is -4.55. The molecule has 88 valence electrons. The van der Waals surface area contributed by atoms with Crippen LogP contribution in [0.3, 0.4) is 0 Å². The van der Waals surface area contributed by atoms with Crippen molar-refractivity contribution in [1.82, 2.24) is 0 Å². The van der Waals surface area contributed by atoms with Crippen LogP contribution in [-0.2, 0) is 17.4 Å². The lowest BCUT2D eigenvalue weighted by Gasteiger charge is -2.12. The van der Waals surface area contributed by atoms with Crippen molar-refractivity contribution in [2.24, 2.45) is 0 Å². The minimum atomic E-state index is -4.99. The van der Waals surface area contributed by atoms with Crippen molar-refractivity contribution in [1.29, 1.82) is 0 Å². The monoisotopic (exact) mass is 240 g/mol. The van der Waals surface area contributed by atoms with Gasteiger partial charge in [0.1, 0.15) is 11.6 Å². The minimum Gasteiger partial charge on any atom is -0.481 e. The van der Waals surface area contributed by atoms with Crippen LogP contribution >= 0.6 is 0 Å². The summed E-state index contributed by atoms with van der Waals surface area (Å²) < 4.78 is 62.6. The van der Waals surface area contributed by atoms with Gasteiger partial charge in [0.15, 0.2) is 0 Å². The van der Waals surface area contributed by atoms with Crippen LogP contribution in [0.4, 0.5) is 22.0 Å². The Kier molecular flexibility index (Phi) is 3.16. The Morgan fingerprint density at radius 3 is 2.25 bits per heavy atom. The zero-order valence-electron chi connectivity index (χ0n) is 7.61. The first-order valence-electron chi connectivity index (χ1n) is 3.98. The van der Waals surface area contributed by atoms with Crippen molar-refractivity contribution in [2.75, 3.05) is 0 Å². The molecule has 7 heteroatoms. The summed E-state index contributed by atoms with van der Waals surface area (Å²) in [5, 5.41) is 8.32. The zero-order valence-corrected chi connectivity index (χ0v) is 7.61. The van der Waals surface area contributed by atoms with Gasteiger partial charge < -0.3 is 5.11 Å². The number of alkyl halides is 3. The predicted molar refractivity (Wildman–Crippen MR) is 42.7 cm³/mol. The molecule has 0 spiro atoms. The van der Waals surface area contributed by atoms with Crippen LogP contribution in [-0.4, -0.2) is 11.1 Å². The number of hydrogen-bond acceptors (Lipinski definition) is 1. The van der Waals surface area contributed by atoms with E-state index >= 15 is 0 Å². The summed E-state index contributed by atoms with van der Waals surface area (Å²) in [5.41, 5.74) is -2.67. The molecule has 0 aliphatic rings. The highest BCUT2D eigenvalue weighted by molar-refractivity contribution is 5.71. The van der Waals surface area contributed by atoms with Crippen molar-refractivity contribution in [3.05, 3.63) is 34.9 Å². The molecule has 1 N–H and O–H groups in total. The standard InChI is InChI=1S/C9H5F5O2/c10-4-1-6(9(12,13)14)5(3-8(15)16)7(11)2-4/h1-2H,3H2,(H,15,16). The van der Waals surface area contributed by atoms with Gasteiger partial charge in [-0.2, -0.15) is 13.2 Å². The van der Waals surface area contributed by atoms with Gasteiger partial charge in [0.2, 0.25) is 0 Å². The van der Waals surface area contributed by atoms with Gasteiger partial charge in [-0.15, -0.1) is 0 Å². The molecule has 2 nitrogen and oxygen atoms in total. The van der Waals surface area contributed by atoms with Crippen molar-refractivity contribution < 1.29 is 31.9 Å². The van der Waals surface area contributed by atoms with E-state index in [4.69, 9.17) is 5.11 Å². The van der Waals surface area contributed by atoms with E-state index in [1.807, 2.05) is 0 Å². The largest absolute Gasteiger partial charge is 0.481 e. The van der Waals surface area contributed by atoms with Crippen molar-refractivity contribution >= 4 is 5.97 Å². The summed E-state index contributed by atoms with van der Waals surface area (Å²) in [4.78, 5) is 10.3. The number of carbonyl (C=O) groups is 1. The average molecular weight is 240 g/mol. The van der Waals surface area contributed by atoms with E-state index in [9.17, 15) is 26.7 Å². The maximum atomic E-state index is 13.0. The Bertz CT molecular complexity index is 425. The number of benzene rings is 1. The number of hydrogen-bond donors (Lipinski definition) is 1. The molecule has 0 unspecified atom stereocenters. The Morgan fingerprint density at radius 2 is 1.81 bits per heavy atom. The lowest BCUT2D eigenvalue weighted by atomic mass is 10.0. The van der Waals surface area contributed by atoms with Crippen LogP contribution in [0.5, 0.6) is 0 Å². The highest BCUT2D eigenvalue weighted by Gasteiger charge is 2.35. The van der Waals surface area contributed by atoms with Crippen LogP contribution in [0.2, 0.25) is 0 Å². The van der Waals surface area contributed by atoms with Crippen LogP contribution in [0, 0.1) is 11.6 Å². The van der Waals surface area contributed by atoms with E-state index in [0.717, 1.165) is 0 Å². The lowest BCUT2D eigenvalue weighted by molar-refractivity contribution is -0.140. The van der Waals surface area contributed by atoms with Gasteiger partial charge in [-0.3, -0.25) is 4.79 Å². The molecule has 0 fully saturated rings. The van der Waals surface area contributed by atoms with Crippen molar-refractivity contribution in [2.45, 2.75) is 12.6 Å². The molecular weight excluding hydrogens is 235 g/mol. The lowest BCUT2D eigenvalue weighted by Crippen LogP contribution is -2.14. The number of rotatable bonds is 2. The van der Waals surface area contributed by atoms with E-state index in [1.54, 1.807) is 0 Å². The fourth-order valence-corrected chi connectivity index (χ4v) is 1.19. The molecule has 0 aromatic heterocycles. The fraction of sp³-hybridized carbons (Fsp3) is 0.222. The molecule has 0 bridgehead atoms. The number of carboxylic acid groups (broad SMARTS) is 1. The molecule has 1 aromatic rings. The van der Waals surface area contributed by atoms with Crippen LogP contribution in [0.15, 0.2) is 12.1 Å². The summed E-state index contributed by atoms with van der Waals surface area (Å²) in [6.07, 6.45) is -6.14. The molecule has 0 heterocycles. The van der Waals surface area contributed by atoms with Gasteiger partial charge in [0, 0.05) is 11.6 Å². The third-order valence-corrected chi connectivity index (χ3v) is 1.79. The second-order valence-electron chi connectivity index (χ2n) is 2.98. The van der Waals surface area contributed by atoms with Gasteiger partial charge >= 0.3 is 12.1 Å². The first kappa shape index (κ1) is 12.4. The number of carboxylic acids is 1. The molecular formula is C9H5F5O2. The Morgan fingerprint density at radius 1 is 1.25 bits per heavy atom. The summed E-state index contributed by atoms with van der Waals surface area (Å²) >= 11 is 0. The molecule has 16 heavy (non-hydrogen) atoms. The van der Waals surface area contributed by atoms with Gasteiger partial charge in [-0.25, -0.2) is 8.78 Å². The smallest absolute Gasteiger partial charge is 0.416 e. The van der Waals surface area contributed by atoms with Crippen LogP contribution < -0.4 is 0 Å². The number of aliphatic carboxylic acids is 1. The molecule has 0 aliphatic carbocycles. The molecule has 0 saturated heterocycles. The topological polar surface area (TPSA) is 37.3 Å². The zero-order chi connectivity index (χ0) is 12.5. The normalized spacial score (nSPS) is 11.6. The molecule has 1 aromatic carbocycles. The second-order valence-corrected chi connectivity index (χ2v) is 2.98. The van der Waals surface area contributed by atoms with E-state index in [-0.39, 0.29) is 12.1 Å². The van der Waals surface area contributed by atoms with Crippen LogP contribution in [0.25, 0.3) is 0 Å². The fourth-order valence-electron chi connectivity index (χ4n) is 1.19. The van der Waals surface area contributed by atoms with Gasteiger partial charge in [-0.05, 0) is 6.07 Å². The highest BCUT2D eigenvalue weighted by Crippen LogP contribution is 2.34. The maximum Gasteiger partial charge on any atom is 0.416 e. The van der Waals surface area contributed by atoms with Gasteiger partial charge in [0.25, 0.3) is 0 Å². The average Bonchev–Trinajstić information content (AvgIpc) is 2.06. The molecule has 1 rings (SSSR count). The first-order valence-corrected chi connectivity index (χ1v) is 3.98. The van der Waals surface area contributed by atoms with Crippen molar-refractivity contribution in [3.63, 3.8) is 0 Å². The highest BCUT2D eigenvalue weighted by atomic mass is 19.4. The van der Waals surface area contributed by atoms with Gasteiger partial charge in [-0.1, -0.05) is 0 Å². The first-order chi connectivity index (χ1) is 7.21. The summed E-state index contributed by atoms with van der Waals surface area (Å²) in [6, 6.07) is 0.287. The van der Waals surface area contributed by atoms with E-state index in [1.165, 1.54) is 0 Å². The van der Waals surface area contributed by atoms with Crippen LogP contribution in [0.1, 0.15) is 11.1 Å². The van der Waals surface area contributed by atoms with Crippen molar-refractivity contribution in [3.8, 4) is 0 Å². The maximum absolute atomic E-state index is 13.0. The predicted octanol–water partition coefficient (Wildman–Crippen LogP) is 2.61. The SMILES string of the molecule is O=C(O)Cc1c(F)cc(F)cc1C(F)(F)F. The molecule has 0 aliphatic heterocycles. The quantitative estimate of drug-likeness (QED) is 0.807. The molecule has 0 amide bonds. The molecule has 0 radical (unpaired) electrons. The third kappa shape index (κ3) is 2.68. The summed E-state index contributed by atoms with van der Waals surface area (Å²) in [7, 11) is 0. The third-order valence-electron chi connectivity index (χ3n) is 1.79. The van der Waals surface area contributed by atoms with Gasteiger partial charge in [0.05, 0.1) is 12.0 Å². The molecule has 0 atom stereocenters. The van der Waals surface area contributed by atoms with E-state index in [2.05, 4.69) is 0 Å². The van der Waals surface area contributed by atoms with E-state index < -0.39 is 41.3 Å².